The van der Waals surface area contributed by atoms with Crippen molar-refractivity contribution in [1.29, 1.82) is 0 Å². The third-order valence-corrected chi connectivity index (χ3v) is 15.9. The minimum absolute atomic E-state index is 0.0921. The number of nitrogens with zero attached hydrogens (tertiary/aromatic N) is 2. The van der Waals surface area contributed by atoms with Crippen LogP contribution in [0.15, 0.2) is 197 Å². The zero-order chi connectivity index (χ0) is 47.7. The molecule has 0 unspecified atom stereocenters. The normalized spacial score (nSPS) is 13.7. The summed E-state index contributed by atoms with van der Waals surface area (Å²) in [6, 6.07) is 69.8. The van der Waals surface area contributed by atoms with E-state index in [1.807, 2.05) is 0 Å². The van der Waals surface area contributed by atoms with E-state index in [4.69, 9.17) is 8.83 Å². The van der Waals surface area contributed by atoms with Crippen LogP contribution in [-0.2, 0) is 10.8 Å². The molecule has 2 aromatic heterocycles. The van der Waals surface area contributed by atoms with Gasteiger partial charge in [0.25, 0.3) is 6.71 Å². The highest BCUT2D eigenvalue weighted by Crippen LogP contribution is 2.52. The first-order valence-electron chi connectivity index (χ1n) is 25.0. The van der Waals surface area contributed by atoms with E-state index in [0.717, 1.165) is 67.4 Å². The molecule has 0 fully saturated rings. The molecule has 0 spiro atoms. The SMILES string of the molecule is CC(C)(C)c1ccc2oc3c(c2c1)B1c2c(cccc2N(c2cccc4c5ccccc5c5ccccc5c24)c2oc4ccc(C(C)(C)C)cc4c21)N3c1cccc2c3ccccc3c3ccccc3c12. The molecule has 15 rings (SSSR count). The van der Waals surface area contributed by atoms with Gasteiger partial charge in [0.2, 0.25) is 11.8 Å². The Balaban J connectivity index is 1.13. The second-order valence-electron chi connectivity index (χ2n) is 22.0. The van der Waals surface area contributed by atoms with Gasteiger partial charge >= 0.3 is 0 Å². The van der Waals surface area contributed by atoms with Crippen LogP contribution in [-0.4, -0.2) is 6.71 Å². The van der Waals surface area contributed by atoms with Gasteiger partial charge in [0, 0.05) is 43.8 Å². The van der Waals surface area contributed by atoms with E-state index in [2.05, 4.69) is 239 Å². The lowest BCUT2D eigenvalue weighted by molar-refractivity contribution is 0.589. The highest BCUT2D eigenvalue weighted by Gasteiger charge is 2.49. The molecule has 4 nitrogen and oxygen atoms in total. The minimum atomic E-state index is -0.230. The third-order valence-electron chi connectivity index (χ3n) is 15.9. The van der Waals surface area contributed by atoms with Gasteiger partial charge < -0.3 is 8.83 Å². The number of hydrogen-bond acceptors (Lipinski definition) is 4. The van der Waals surface area contributed by atoms with Crippen LogP contribution in [0.2, 0.25) is 0 Å². The molecule has 71 heavy (non-hydrogen) atoms. The lowest BCUT2D eigenvalue weighted by Crippen LogP contribution is -2.60. The van der Waals surface area contributed by atoms with E-state index in [1.165, 1.54) is 81.2 Å². The predicted molar refractivity (Wildman–Crippen MR) is 302 cm³/mol. The molecule has 338 valence electrons. The summed E-state index contributed by atoms with van der Waals surface area (Å²) in [5, 5.41) is 16.9. The quantitative estimate of drug-likeness (QED) is 0.128. The molecular weight excluding hydrogens is 864 g/mol. The molecule has 0 amide bonds. The summed E-state index contributed by atoms with van der Waals surface area (Å²) in [4.78, 5) is 4.92. The molecule has 0 saturated carbocycles. The average molecular weight is 913 g/mol. The van der Waals surface area contributed by atoms with Crippen molar-refractivity contribution >= 4 is 144 Å². The Kier molecular flexibility index (Phi) is 8.10. The fraction of sp³-hybridized carbons (Fsp3) is 0.121. The minimum Gasteiger partial charge on any atom is -0.440 e. The van der Waals surface area contributed by atoms with Crippen LogP contribution in [0.1, 0.15) is 52.7 Å². The van der Waals surface area contributed by atoms with Crippen LogP contribution in [0.4, 0.5) is 34.5 Å². The summed E-state index contributed by atoms with van der Waals surface area (Å²) in [5.41, 5.74) is 12.0. The zero-order valence-electron chi connectivity index (χ0n) is 40.7. The Hall–Kier alpha value is -8.28. The molecule has 11 aromatic carbocycles. The Morgan fingerprint density at radius 3 is 0.986 bits per heavy atom. The molecule has 13 aromatic rings. The van der Waals surface area contributed by atoms with E-state index in [1.54, 1.807) is 0 Å². The molecule has 0 saturated heterocycles. The average Bonchev–Trinajstić information content (AvgIpc) is 3.97. The van der Waals surface area contributed by atoms with Crippen molar-refractivity contribution < 1.29 is 8.83 Å². The molecule has 0 bridgehead atoms. The Labute approximate surface area is 412 Å². The van der Waals surface area contributed by atoms with Crippen LogP contribution in [0.5, 0.6) is 0 Å². The first kappa shape index (κ1) is 40.6. The lowest BCUT2D eigenvalue weighted by atomic mass is 9.33. The summed E-state index contributed by atoms with van der Waals surface area (Å²) in [6.07, 6.45) is 0. The molecule has 5 heteroatoms. The van der Waals surface area contributed by atoms with E-state index in [9.17, 15) is 0 Å². The van der Waals surface area contributed by atoms with Gasteiger partial charge in [-0.3, -0.25) is 9.80 Å². The van der Waals surface area contributed by atoms with Gasteiger partial charge in [0.05, 0.1) is 11.4 Å². The molecule has 0 N–H and O–H groups in total. The highest BCUT2D eigenvalue weighted by molar-refractivity contribution is 7.02. The molecule has 0 aliphatic carbocycles. The molecule has 0 atom stereocenters. The maximum Gasteiger partial charge on any atom is 0.262 e. The molecule has 0 radical (unpaired) electrons. The third kappa shape index (κ3) is 5.52. The van der Waals surface area contributed by atoms with Crippen molar-refractivity contribution in [3.05, 3.63) is 199 Å². The van der Waals surface area contributed by atoms with E-state index >= 15 is 0 Å². The van der Waals surface area contributed by atoms with Crippen LogP contribution < -0.4 is 26.2 Å². The monoisotopic (exact) mass is 912 g/mol. The number of furan rings is 2. The second-order valence-corrected chi connectivity index (χ2v) is 22.0. The first-order chi connectivity index (χ1) is 34.5. The number of rotatable bonds is 2. The fourth-order valence-electron chi connectivity index (χ4n) is 12.6. The number of hydrogen-bond donors (Lipinski definition) is 0. The Morgan fingerprint density at radius 1 is 0.310 bits per heavy atom. The largest absolute Gasteiger partial charge is 0.440 e. The predicted octanol–water partition coefficient (Wildman–Crippen LogP) is 16.8. The van der Waals surface area contributed by atoms with Crippen LogP contribution >= 0.6 is 0 Å². The number of anilines is 6. The summed E-state index contributed by atoms with van der Waals surface area (Å²) in [6.45, 7) is 13.6. The number of benzene rings is 11. The van der Waals surface area contributed by atoms with Crippen molar-refractivity contribution in [2.75, 3.05) is 9.80 Å². The molecule has 4 heterocycles. The maximum atomic E-state index is 7.45. The standard InChI is InChI=1S/C66H49BN2O2/c1-65(2,3)38-32-34-56-50(36-38)60-63(70-56)68(52-28-15-26-48-44-20-9-7-18-40(44)42-22-11-13-24-46(42)58(48)52)54-30-17-31-55-62(54)67(60)61-51-37-39(66(4,5)6)33-35-57(51)71-64(61)69(55)53-29-16-27-49-45-21-10-8-19-41(45)43-23-12-14-25-47(43)59(49)53/h7-37H,1-6H3. The Bertz CT molecular complexity index is 4100. The van der Waals surface area contributed by atoms with Crippen molar-refractivity contribution in [3.63, 3.8) is 0 Å². The molecular formula is C66H49BN2O2. The van der Waals surface area contributed by atoms with Gasteiger partial charge in [-0.05, 0) is 130 Å². The smallest absolute Gasteiger partial charge is 0.262 e. The summed E-state index contributed by atoms with van der Waals surface area (Å²) in [5.74, 6) is 1.68. The van der Waals surface area contributed by atoms with E-state index in [-0.39, 0.29) is 17.5 Å². The first-order valence-corrected chi connectivity index (χ1v) is 25.0. The summed E-state index contributed by atoms with van der Waals surface area (Å²) in [7, 11) is 0. The van der Waals surface area contributed by atoms with E-state index in [0.29, 0.717) is 0 Å². The van der Waals surface area contributed by atoms with Gasteiger partial charge in [-0.2, -0.15) is 0 Å². The fourth-order valence-corrected chi connectivity index (χ4v) is 12.6. The van der Waals surface area contributed by atoms with E-state index < -0.39 is 0 Å². The van der Waals surface area contributed by atoms with Gasteiger partial charge in [-0.25, -0.2) is 0 Å². The second kappa shape index (κ2) is 14.2. The van der Waals surface area contributed by atoms with Crippen LogP contribution in [0.3, 0.4) is 0 Å². The van der Waals surface area contributed by atoms with Crippen molar-refractivity contribution in [3.8, 4) is 0 Å². The van der Waals surface area contributed by atoms with Crippen LogP contribution in [0, 0.1) is 0 Å². The zero-order valence-corrected chi connectivity index (χ0v) is 40.7. The van der Waals surface area contributed by atoms with Crippen molar-refractivity contribution in [2.24, 2.45) is 0 Å². The van der Waals surface area contributed by atoms with Crippen molar-refractivity contribution in [1.82, 2.24) is 0 Å². The molecule has 2 aliphatic heterocycles. The van der Waals surface area contributed by atoms with Crippen molar-refractivity contribution in [2.45, 2.75) is 52.4 Å². The van der Waals surface area contributed by atoms with Crippen LogP contribution in [0.25, 0.3) is 86.6 Å². The van der Waals surface area contributed by atoms with Gasteiger partial charge in [-0.1, -0.05) is 181 Å². The van der Waals surface area contributed by atoms with Gasteiger partial charge in [0.15, 0.2) is 0 Å². The summed E-state index contributed by atoms with van der Waals surface area (Å²) >= 11 is 0. The highest BCUT2D eigenvalue weighted by atomic mass is 16.4. The topological polar surface area (TPSA) is 32.8 Å². The lowest BCUT2D eigenvalue weighted by Gasteiger charge is -2.41. The summed E-state index contributed by atoms with van der Waals surface area (Å²) < 4.78 is 14.9. The van der Waals surface area contributed by atoms with Gasteiger partial charge in [-0.15, -0.1) is 0 Å². The van der Waals surface area contributed by atoms with Gasteiger partial charge in [0.1, 0.15) is 11.2 Å². The molecule has 2 aliphatic rings. The number of fused-ring (bicyclic) bond motifs is 20. The maximum absolute atomic E-state index is 7.45. The Morgan fingerprint density at radius 2 is 0.620 bits per heavy atom.